The number of benzene rings is 3. The lowest BCUT2D eigenvalue weighted by atomic mass is 9.93. The zero-order valence-corrected chi connectivity index (χ0v) is 22.2. The molecule has 0 bridgehead atoms. The quantitative estimate of drug-likeness (QED) is 0.328. The minimum Gasteiger partial charge on any atom is -0.508 e. The summed E-state index contributed by atoms with van der Waals surface area (Å²) in [6.45, 7) is 2.11. The summed E-state index contributed by atoms with van der Waals surface area (Å²) in [7, 11) is 1.67. The Morgan fingerprint density at radius 3 is 2.31 bits per heavy atom. The number of nitrogens with one attached hydrogen (secondary N) is 1. The van der Waals surface area contributed by atoms with Crippen LogP contribution in [0.3, 0.4) is 0 Å². The lowest BCUT2D eigenvalue weighted by molar-refractivity contribution is -0.133. The lowest BCUT2D eigenvalue weighted by Crippen LogP contribution is -2.49. The van der Waals surface area contributed by atoms with Crippen LogP contribution in [0.2, 0.25) is 5.02 Å². The second-order valence-electron chi connectivity index (χ2n) is 9.13. The van der Waals surface area contributed by atoms with Gasteiger partial charge in [0.05, 0.1) is 11.6 Å². The fourth-order valence-electron chi connectivity index (χ4n) is 4.42. The zero-order valence-electron chi connectivity index (χ0n) is 21.4. The number of nitrogens with zero attached hydrogens (tertiary/aromatic N) is 2. The van der Waals surface area contributed by atoms with Crippen LogP contribution < -0.4 is 10.1 Å². The van der Waals surface area contributed by atoms with E-state index in [1.807, 2.05) is 0 Å². The third-order valence-electron chi connectivity index (χ3n) is 6.35. The van der Waals surface area contributed by atoms with E-state index in [9.17, 15) is 24.6 Å². The molecule has 1 atom stereocenters. The van der Waals surface area contributed by atoms with Crippen LogP contribution in [0.1, 0.15) is 35.3 Å². The predicted molar refractivity (Wildman–Crippen MR) is 146 cm³/mol. The first-order valence-electron chi connectivity index (χ1n) is 12.2. The van der Waals surface area contributed by atoms with E-state index in [-0.39, 0.29) is 29.5 Å². The molecule has 3 N–H and O–H groups in total. The Morgan fingerprint density at radius 2 is 1.69 bits per heavy atom. The maximum absolute atomic E-state index is 13.0. The highest BCUT2D eigenvalue weighted by molar-refractivity contribution is 6.30. The van der Waals surface area contributed by atoms with E-state index in [0.29, 0.717) is 40.6 Å². The summed E-state index contributed by atoms with van der Waals surface area (Å²) in [6, 6.07) is 18.6. The van der Waals surface area contributed by atoms with Gasteiger partial charge in [-0.05, 0) is 79.6 Å². The third-order valence-corrected chi connectivity index (χ3v) is 6.59. The van der Waals surface area contributed by atoms with Gasteiger partial charge in [0.15, 0.2) is 0 Å². The molecule has 3 aromatic rings. The van der Waals surface area contributed by atoms with Crippen LogP contribution in [0, 0.1) is 0 Å². The lowest BCUT2D eigenvalue weighted by Gasteiger charge is -2.37. The second kappa shape index (κ2) is 11.9. The van der Waals surface area contributed by atoms with Gasteiger partial charge in [-0.15, -0.1) is 0 Å². The number of phenols is 1. The minimum atomic E-state index is -1.13. The molecule has 1 aliphatic heterocycles. The number of carboxylic acid groups (broad SMARTS) is 1. The molecular weight excluding hydrogens is 522 g/mol. The molecule has 0 spiro atoms. The van der Waals surface area contributed by atoms with Gasteiger partial charge in [0.2, 0.25) is 0 Å². The van der Waals surface area contributed by atoms with Crippen molar-refractivity contribution in [3.63, 3.8) is 0 Å². The molecule has 0 saturated heterocycles. The SMILES string of the molecule is CC1=C(C(=O)O)C(c2cccc(Cl)c2)N(CCCN(C)C(=O)c2ccc(Oc3ccc(O)cc3)cc2)C(=O)N1. The van der Waals surface area contributed by atoms with Crippen molar-refractivity contribution in [1.82, 2.24) is 15.1 Å². The van der Waals surface area contributed by atoms with Crippen molar-refractivity contribution in [2.75, 3.05) is 20.1 Å². The summed E-state index contributed by atoms with van der Waals surface area (Å²) in [5, 5.41) is 22.4. The van der Waals surface area contributed by atoms with E-state index in [1.54, 1.807) is 79.5 Å². The first kappa shape index (κ1) is 27.5. The number of amides is 3. The van der Waals surface area contributed by atoms with Crippen molar-refractivity contribution in [2.24, 2.45) is 0 Å². The van der Waals surface area contributed by atoms with Gasteiger partial charge >= 0.3 is 12.0 Å². The van der Waals surface area contributed by atoms with Crippen molar-refractivity contribution in [2.45, 2.75) is 19.4 Å². The molecule has 0 fully saturated rings. The Bertz CT molecular complexity index is 1410. The number of aliphatic carboxylic acids is 1. The molecule has 1 unspecified atom stereocenters. The number of allylic oxidation sites excluding steroid dienone is 1. The van der Waals surface area contributed by atoms with Gasteiger partial charge in [0, 0.05) is 36.4 Å². The number of halogens is 1. The van der Waals surface area contributed by atoms with E-state index < -0.39 is 18.0 Å². The summed E-state index contributed by atoms with van der Waals surface area (Å²) in [5.41, 5.74) is 1.40. The molecule has 3 amide bonds. The summed E-state index contributed by atoms with van der Waals surface area (Å²) >= 11 is 6.16. The van der Waals surface area contributed by atoms with Crippen LogP contribution in [0.15, 0.2) is 84.1 Å². The molecule has 1 heterocycles. The molecule has 0 aromatic heterocycles. The maximum Gasteiger partial charge on any atom is 0.335 e. The summed E-state index contributed by atoms with van der Waals surface area (Å²) in [4.78, 5) is 41.0. The fraction of sp³-hybridized carbons (Fsp3) is 0.207. The van der Waals surface area contributed by atoms with Crippen LogP contribution in [0.5, 0.6) is 17.2 Å². The van der Waals surface area contributed by atoms with Crippen LogP contribution in [-0.2, 0) is 4.79 Å². The van der Waals surface area contributed by atoms with E-state index in [1.165, 1.54) is 17.0 Å². The number of urea groups is 1. The number of phenolic OH excluding ortho intramolecular Hbond substituents is 1. The Hall–Kier alpha value is -4.50. The molecule has 202 valence electrons. The molecule has 4 rings (SSSR count). The molecule has 9 nitrogen and oxygen atoms in total. The Morgan fingerprint density at radius 1 is 1.05 bits per heavy atom. The monoisotopic (exact) mass is 549 g/mol. The summed E-state index contributed by atoms with van der Waals surface area (Å²) in [6.07, 6.45) is 0.417. The molecule has 10 heteroatoms. The highest BCUT2D eigenvalue weighted by Crippen LogP contribution is 2.35. The average Bonchev–Trinajstić information content (AvgIpc) is 2.90. The minimum absolute atomic E-state index is 0.0657. The topological polar surface area (TPSA) is 119 Å². The first-order valence-corrected chi connectivity index (χ1v) is 12.6. The number of ether oxygens (including phenoxy) is 1. The first-order chi connectivity index (χ1) is 18.6. The van der Waals surface area contributed by atoms with E-state index in [2.05, 4.69) is 5.32 Å². The largest absolute Gasteiger partial charge is 0.508 e. The van der Waals surface area contributed by atoms with Crippen molar-refractivity contribution < 1.29 is 29.3 Å². The summed E-state index contributed by atoms with van der Waals surface area (Å²) < 4.78 is 5.72. The Labute approximate surface area is 230 Å². The normalized spacial score (nSPS) is 15.1. The van der Waals surface area contributed by atoms with E-state index >= 15 is 0 Å². The van der Waals surface area contributed by atoms with E-state index in [0.717, 1.165) is 0 Å². The molecular formula is C29H28ClN3O6. The van der Waals surface area contributed by atoms with Gasteiger partial charge in [-0.3, -0.25) is 4.79 Å². The van der Waals surface area contributed by atoms with Crippen LogP contribution >= 0.6 is 11.6 Å². The van der Waals surface area contributed by atoms with Gasteiger partial charge in [0.1, 0.15) is 17.2 Å². The molecule has 39 heavy (non-hydrogen) atoms. The highest BCUT2D eigenvalue weighted by Gasteiger charge is 2.37. The van der Waals surface area contributed by atoms with Gasteiger partial charge in [-0.1, -0.05) is 23.7 Å². The standard InChI is InChI=1S/C29H28ClN3O6/c1-18-25(28(36)37)26(20-5-3-6-21(30)17-20)33(29(38)31-18)16-4-15-32(2)27(35)19-7-11-23(12-8-19)39-24-13-9-22(34)10-14-24/h3,5-14,17,26,34H,4,15-16H2,1-2H3,(H,31,38)(H,36,37). The zero-order chi connectivity index (χ0) is 28.1. The second-order valence-corrected chi connectivity index (χ2v) is 9.56. The van der Waals surface area contributed by atoms with Crippen molar-refractivity contribution in [3.8, 4) is 17.2 Å². The predicted octanol–water partition coefficient (Wildman–Crippen LogP) is 5.43. The van der Waals surface area contributed by atoms with E-state index in [4.69, 9.17) is 16.3 Å². The van der Waals surface area contributed by atoms with Gasteiger partial charge < -0.3 is 30.1 Å². The molecule has 3 aromatic carbocycles. The fourth-order valence-corrected chi connectivity index (χ4v) is 4.62. The number of rotatable bonds is 9. The number of hydrogen-bond donors (Lipinski definition) is 3. The van der Waals surface area contributed by atoms with Crippen molar-refractivity contribution in [1.29, 1.82) is 0 Å². The van der Waals surface area contributed by atoms with Crippen molar-refractivity contribution >= 4 is 29.5 Å². The molecule has 1 aliphatic rings. The molecule has 0 radical (unpaired) electrons. The number of hydrogen-bond acceptors (Lipinski definition) is 5. The van der Waals surface area contributed by atoms with Gasteiger partial charge in [-0.2, -0.15) is 0 Å². The third kappa shape index (κ3) is 6.50. The maximum atomic E-state index is 13.0. The number of carboxylic acids is 1. The number of aromatic hydroxyl groups is 1. The van der Waals surface area contributed by atoms with Gasteiger partial charge in [0.25, 0.3) is 5.91 Å². The number of carbonyl (C=O) groups excluding carboxylic acids is 2. The Kier molecular flexibility index (Phi) is 8.41. The molecule has 0 saturated carbocycles. The average molecular weight is 550 g/mol. The number of carbonyl (C=O) groups is 3. The smallest absolute Gasteiger partial charge is 0.335 e. The Balaban J connectivity index is 1.41. The van der Waals surface area contributed by atoms with Crippen LogP contribution in [0.4, 0.5) is 4.79 Å². The van der Waals surface area contributed by atoms with Crippen molar-refractivity contribution in [3.05, 3.63) is 100 Å². The highest BCUT2D eigenvalue weighted by atomic mass is 35.5. The van der Waals surface area contributed by atoms with Gasteiger partial charge in [-0.25, -0.2) is 9.59 Å². The van der Waals surface area contributed by atoms with Crippen LogP contribution in [0.25, 0.3) is 0 Å². The summed E-state index contributed by atoms with van der Waals surface area (Å²) in [5.74, 6) is -0.102. The van der Waals surface area contributed by atoms with Crippen LogP contribution in [-0.4, -0.2) is 58.1 Å². The molecule has 0 aliphatic carbocycles.